The fourth-order valence-corrected chi connectivity index (χ4v) is 6.54. The fourth-order valence-electron chi connectivity index (χ4n) is 4.70. The van der Waals surface area contributed by atoms with E-state index in [1.54, 1.807) is 13.8 Å². The normalized spacial score (nSPS) is 56.2. The molecule has 5 saturated heterocycles. The smallest absolute Gasteiger partial charge is 0.271 e. The first-order valence-corrected chi connectivity index (χ1v) is 8.80. The Morgan fingerprint density at radius 2 is 2.10 bits per heavy atom. The molecule has 5 aliphatic rings. The number of hydrogen-bond acceptors (Lipinski definition) is 8. The van der Waals surface area contributed by atoms with Crippen molar-refractivity contribution in [3.05, 3.63) is 0 Å². The predicted molar refractivity (Wildman–Crippen MR) is 68.6 cm³/mol. The Labute approximate surface area is 122 Å². The van der Waals surface area contributed by atoms with E-state index in [0.717, 1.165) is 13.1 Å². The van der Waals surface area contributed by atoms with Crippen LogP contribution in [0, 0.1) is 0 Å². The highest BCUT2D eigenvalue weighted by Gasteiger charge is 2.83. The molecular formula is C12H18N2O6S. The average molecular weight is 318 g/mol. The highest BCUT2D eigenvalue weighted by molar-refractivity contribution is 7.87. The third-order valence-corrected chi connectivity index (χ3v) is 6.58. The van der Waals surface area contributed by atoms with Gasteiger partial charge < -0.3 is 14.2 Å². The van der Waals surface area contributed by atoms with Crippen molar-refractivity contribution in [3.63, 3.8) is 0 Å². The predicted octanol–water partition coefficient (Wildman–Crippen LogP) is -1.42. The molecule has 2 spiro atoms. The molecule has 0 amide bonds. The van der Waals surface area contributed by atoms with Gasteiger partial charge >= 0.3 is 0 Å². The van der Waals surface area contributed by atoms with Gasteiger partial charge in [-0.3, -0.25) is 14.4 Å². The third-order valence-electron chi connectivity index (χ3n) is 5.28. The Hall–Kier alpha value is -0.290. The van der Waals surface area contributed by atoms with Crippen LogP contribution in [0.5, 0.6) is 0 Å². The molecule has 0 bridgehead atoms. The number of hydrogen-bond donors (Lipinski definition) is 1. The molecule has 0 unspecified atom stereocenters. The van der Waals surface area contributed by atoms with Crippen molar-refractivity contribution < 1.29 is 26.8 Å². The quantitative estimate of drug-likeness (QED) is 0.545. The summed E-state index contributed by atoms with van der Waals surface area (Å²) < 4.78 is 47.8. The number of nitrogens with one attached hydrogen (secondary N) is 1. The van der Waals surface area contributed by atoms with Crippen molar-refractivity contribution >= 4 is 10.1 Å². The monoisotopic (exact) mass is 318 g/mol. The molecule has 9 heteroatoms. The Balaban J connectivity index is 1.69. The molecule has 0 aromatic carbocycles. The summed E-state index contributed by atoms with van der Waals surface area (Å²) in [5, 5.41) is 3.36. The van der Waals surface area contributed by atoms with Crippen LogP contribution in [0.2, 0.25) is 0 Å². The van der Waals surface area contributed by atoms with Gasteiger partial charge in [0.15, 0.2) is 17.7 Å². The molecule has 0 radical (unpaired) electrons. The Bertz CT molecular complexity index is 623. The fraction of sp³-hybridized carbons (Fsp3) is 1.00. The third kappa shape index (κ3) is 1.35. The minimum absolute atomic E-state index is 0.0765. The van der Waals surface area contributed by atoms with Crippen LogP contribution in [-0.2, 0) is 28.5 Å². The minimum Gasteiger partial charge on any atom is -0.342 e. The molecule has 1 N–H and O–H groups in total. The first-order chi connectivity index (χ1) is 9.78. The molecule has 118 valence electrons. The molecule has 5 fully saturated rings. The van der Waals surface area contributed by atoms with Gasteiger partial charge in [-0.05, 0) is 13.8 Å². The van der Waals surface area contributed by atoms with E-state index in [-0.39, 0.29) is 11.9 Å². The first-order valence-electron chi connectivity index (χ1n) is 7.23. The lowest BCUT2D eigenvalue weighted by molar-refractivity contribution is -0.222. The lowest BCUT2D eigenvalue weighted by Crippen LogP contribution is -2.67. The zero-order chi connectivity index (χ0) is 14.7. The number of fused-ring (bicyclic) bond motifs is 1. The molecule has 8 nitrogen and oxygen atoms in total. The van der Waals surface area contributed by atoms with Gasteiger partial charge in [0, 0.05) is 19.6 Å². The summed E-state index contributed by atoms with van der Waals surface area (Å²) in [6, 6.07) is 0. The maximum absolute atomic E-state index is 12.2. The molecule has 0 aromatic rings. The van der Waals surface area contributed by atoms with E-state index in [4.69, 9.17) is 18.4 Å². The maximum Gasteiger partial charge on any atom is 0.271 e. The maximum atomic E-state index is 12.2. The molecular weight excluding hydrogens is 300 g/mol. The van der Waals surface area contributed by atoms with Crippen molar-refractivity contribution in [2.24, 2.45) is 0 Å². The second-order valence-corrected chi connectivity index (χ2v) is 8.43. The van der Waals surface area contributed by atoms with E-state index in [0.29, 0.717) is 6.54 Å². The molecule has 0 aliphatic carbocycles. The van der Waals surface area contributed by atoms with Crippen LogP contribution in [-0.4, -0.2) is 74.3 Å². The number of ether oxygens (including phenoxy) is 3. The molecule has 5 heterocycles. The van der Waals surface area contributed by atoms with Crippen LogP contribution >= 0.6 is 0 Å². The molecule has 5 rings (SSSR count). The number of rotatable bonds is 0. The van der Waals surface area contributed by atoms with Gasteiger partial charge in [-0.25, -0.2) is 0 Å². The lowest BCUT2D eigenvalue weighted by Gasteiger charge is -2.39. The number of nitrogens with zero attached hydrogens (tertiary/aromatic N) is 1. The minimum atomic E-state index is -3.63. The largest absolute Gasteiger partial charge is 0.342 e. The van der Waals surface area contributed by atoms with Gasteiger partial charge in [0.25, 0.3) is 10.1 Å². The summed E-state index contributed by atoms with van der Waals surface area (Å²) >= 11 is 0. The van der Waals surface area contributed by atoms with E-state index in [9.17, 15) is 8.42 Å². The van der Waals surface area contributed by atoms with Crippen molar-refractivity contribution in [2.75, 3.05) is 25.4 Å². The summed E-state index contributed by atoms with van der Waals surface area (Å²) in [7, 11) is -3.63. The standard InChI is InChI=1S/C12H18N2O6S/c1-10(2)18-8-9(19-10)17-7-5-14-4-3-13-11(14)6-21(15,16)20-12(7,8)11/h7-9,13H,3-6H2,1-2H3/t7-,8+,9-,11+,12-/m1/s1. The average Bonchev–Trinajstić information content (AvgIpc) is 3.01. The second-order valence-electron chi connectivity index (χ2n) is 6.86. The van der Waals surface area contributed by atoms with Gasteiger partial charge in [-0.15, -0.1) is 0 Å². The Kier molecular flexibility index (Phi) is 2.17. The molecule has 0 aromatic heterocycles. The Morgan fingerprint density at radius 1 is 1.29 bits per heavy atom. The zero-order valence-electron chi connectivity index (χ0n) is 11.9. The summed E-state index contributed by atoms with van der Waals surface area (Å²) in [6.07, 6.45) is -1.50. The summed E-state index contributed by atoms with van der Waals surface area (Å²) in [4.78, 5) is 2.12. The van der Waals surface area contributed by atoms with Gasteiger partial charge in [-0.1, -0.05) is 0 Å². The molecule has 5 atom stereocenters. The topological polar surface area (TPSA) is 86.3 Å². The Morgan fingerprint density at radius 3 is 2.90 bits per heavy atom. The van der Waals surface area contributed by atoms with E-state index in [1.165, 1.54) is 0 Å². The van der Waals surface area contributed by atoms with E-state index in [1.807, 2.05) is 0 Å². The van der Waals surface area contributed by atoms with Gasteiger partial charge in [-0.2, -0.15) is 8.42 Å². The summed E-state index contributed by atoms with van der Waals surface area (Å²) in [5.74, 6) is -0.884. The first kappa shape index (κ1) is 13.2. The molecule has 21 heavy (non-hydrogen) atoms. The molecule has 5 aliphatic heterocycles. The van der Waals surface area contributed by atoms with Crippen molar-refractivity contribution in [1.82, 2.24) is 10.2 Å². The van der Waals surface area contributed by atoms with Crippen molar-refractivity contribution in [3.8, 4) is 0 Å². The van der Waals surface area contributed by atoms with Gasteiger partial charge in [0.05, 0.1) is 0 Å². The van der Waals surface area contributed by atoms with Crippen LogP contribution in [0.4, 0.5) is 0 Å². The highest BCUT2D eigenvalue weighted by atomic mass is 32.2. The van der Waals surface area contributed by atoms with E-state index >= 15 is 0 Å². The van der Waals surface area contributed by atoms with Crippen LogP contribution in [0.3, 0.4) is 0 Å². The van der Waals surface area contributed by atoms with Crippen LogP contribution in [0.25, 0.3) is 0 Å². The zero-order valence-corrected chi connectivity index (χ0v) is 12.7. The highest BCUT2D eigenvalue weighted by Crippen LogP contribution is 2.59. The van der Waals surface area contributed by atoms with Crippen molar-refractivity contribution in [1.29, 1.82) is 0 Å². The van der Waals surface area contributed by atoms with Crippen LogP contribution in [0.15, 0.2) is 0 Å². The van der Waals surface area contributed by atoms with Crippen molar-refractivity contribution in [2.45, 2.75) is 49.4 Å². The van der Waals surface area contributed by atoms with Crippen LogP contribution < -0.4 is 5.32 Å². The lowest BCUT2D eigenvalue weighted by atomic mass is 9.84. The summed E-state index contributed by atoms with van der Waals surface area (Å²) in [6.45, 7) is 5.73. The van der Waals surface area contributed by atoms with Gasteiger partial charge in [0.2, 0.25) is 0 Å². The van der Waals surface area contributed by atoms with E-state index < -0.39 is 39.6 Å². The summed E-state index contributed by atoms with van der Waals surface area (Å²) in [5.41, 5.74) is -1.82. The van der Waals surface area contributed by atoms with Crippen LogP contribution in [0.1, 0.15) is 13.8 Å². The SMILES string of the molecule is CC1(C)O[C@H]2O[C@@H]3CN4CCN[C@@]45CS(=O)(=O)O[C@@]35[C@H]2O1. The van der Waals surface area contributed by atoms with E-state index in [2.05, 4.69) is 10.2 Å². The molecule has 0 saturated carbocycles. The second kappa shape index (κ2) is 3.45. The van der Waals surface area contributed by atoms with Gasteiger partial charge in [0.1, 0.15) is 23.6 Å².